The zero-order valence-electron chi connectivity index (χ0n) is 15.1. The lowest BCUT2D eigenvalue weighted by molar-refractivity contribution is 0.0683. The van der Waals surface area contributed by atoms with Crippen molar-refractivity contribution >= 4 is 17.3 Å². The van der Waals surface area contributed by atoms with Gasteiger partial charge in [-0.15, -0.1) is 0 Å². The van der Waals surface area contributed by atoms with Gasteiger partial charge in [0.2, 0.25) is 0 Å². The number of ether oxygens (including phenoxy) is 1. The van der Waals surface area contributed by atoms with Crippen LogP contribution in [0, 0.1) is 0 Å². The summed E-state index contributed by atoms with van der Waals surface area (Å²) >= 11 is 0. The van der Waals surface area contributed by atoms with Crippen LogP contribution in [0.3, 0.4) is 0 Å². The number of hydrogen-bond acceptors (Lipinski definition) is 4. The lowest BCUT2D eigenvalue weighted by Gasteiger charge is -2.38. The predicted molar refractivity (Wildman–Crippen MR) is 104 cm³/mol. The molecule has 1 amide bonds. The first kappa shape index (κ1) is 16.9. The second-order valence-corrected chi connectivity index (χ2v) is 6.78. The molecule has 0 spiro atoms. The maximum absolute atomic E-state index is 13.0. The van der Waals surface area contributed by atoms with Crippen LogP contribution in [0.2, 0.25) is 0 Å². The SMILES string of the molecule is CCCN1C(=O)c2ccccc2N[C@H]1c1ccc(N2CCOCC2)cc1. The summed E-state index contributed by atoms with van der Waals surface area (Å²) in [6.45, 7) is 6.25. The minimum absolute atomic E-state index is 0.100. The van der Waals surface area contributed by atoms with Gasteiger partial charge in [-0.25, -0.2) is 0 Å². The highest BCUT2D eigenvalue weighted by atomic mass is 16.5. The number of amides is 1. The molecule has 1 fully saturated rings. The summed E-state index contributed by atoms with van der Waals surface area (Å²) in [6, 6.07) is 16.3. The van der Waals surface area contributed by atoms with Gasteiger partial charge in [-0.1, -0.05) is 31.2 Å². The number of carbonyl (C=O) groups excluding carboxylic acids is 1. The maximum Gasteiger partial charge on any atom is 0.257 e. The fourth-order valence-corrected chi connectivity index (χ4v) is 3.72. The number of para-hydroxylation sites is 1. The van der Waals surface area contributed by atoms with E-state index in [-0.39, 0.29) is 12.1 Å². The van der Waals surface area contributed by atoms with E-state index >= 15 is 0 Å². The zero-order chi connectivity index (χ0) is 17.9. The van der Waals surface area contributed by atoms with Gasteiger partial charge in [-0.3, -0.25) is 4.79 Å². The van der Waals surface area contributed by atoms with Crippen molar-refractivity contribution in [3.63, 3.8) is 0 Å². The summed E-state index contributed by atoms with van der Waals surface area (Å²) in [5.74, 6) is 0.100. The van der Waals surface area contributed by atoms with Crippen LogP contribution in [-0.2, 0) is 4.74 Å². The molecular formula is C21H25N3O2. The van der Waals surface area contributed by atoms with E-state index in [0.717, 1.165) is 56.1 Å². The molecule has 1 N–H and O–H groups in total. The third kappa shape index (κ3) is 3.15. The molecule has 5 nitrogen and oxygen atoms in total. The fourth-order valence-electron chi connectivity index (χ4n) is 3.72. The summed E-state index contributed by atoms with van der Waals surface area (Å²) in [4.78, 5) is 17.2. The number of anilines is 2. The van der Waals surface area contributed by atoms with Crippen molar-refractivity contribution in [2.75, 3.05) is 43.1 Å². The topological polar surface area (TPSA) is 44.8 Å². The van der Waals surface area contributed by atoms with Gasteiger partial charge < -0.3 is 19.9 Å². The molecule has 0 aliphatic carbocycles. The molecular weight excluding hydrogens is 326 g/mol. The summed E-state index contributed by atoms with van der Waals surface area (Å²) in [5.41, 5.74) is 3.98. The summed E-state index contributed by atoms with van der Waals surface area (Å²) in [5, 5.41) is 3.55. The standard InChI is InChI=1S/C21H25N3O2/c1-2-11-24-20(22-19-6-4-3-5-18(19)21(24)25)16-7-9-17(10-8-16)23-12-14-26-15-13-23/h3-10,20,22H,2,11-15H2,1H3/t20-/m1/s1. The van der Waals surface area contributed by atoms with E-state index in [4.69, 9.17) is 4.74 Å². The van der Waals surface area contributed by atoms with E-state index in [2.05, 4.69) is 41.4 Å². The third-order valence-electron chi connectivity index (χ3n) is 5.07. The summed E-state index contributed by atoms with van der Waals surface area (Å²) < 4.78 is 5.43. The second kappa shape index (κ2) is 7.38. The molecule has 4 rings (SSSR count). The van der Waals surface area contributed by atoms with E-state index < -0.39 is 0 Å². The number of carbonyl (C=O) groups is 1. The van der Waals surface area contributed by atoms with Crippen molar-refractivity contribution in [1.82, 2.24) is 4.90 Å². The van der Waals surface area contributed by atoms with Crippen molar-refractivity contribution in [1.29, 1.82) is 0 Å². The molecule has 0 aromatic heterocycles. The monoisotopic (exact) mass is 351 g/mol. The number of rotatable bonds is 4. The molecule has 2 aliphatic rings. The zero-order valence-corrected chi connectivity index (χ0v) is 15.1. The average molecular weight is 351 g/mol. The second-order valence-electron chi connectivity index (χ2n) is 6.78. The smallest absolute Gasteiger partial charge is 0.257 e. The Hall–Kier alpha value is -2.53. The first-order chi connectivity index (χ1) is 12.8. The molecule has 0 radical (unpaired) electrons. The normalized spacial score (nSPS) is 19.9. The molecule has 2 aliphatic heterocycles. The predicted octanol–water partition coefficient (Wildman–Crippen LogP) is 3.50. The van der Waals surface area contributed by atoms with Gasteiger partial charge in [0.1, 0.15) is 6.17 Å². The number of morpholine rings is 1. The molecule has 0 unspecified atom stereocenters. The summed E-state index contributed by atoms with van der Waals surface area (Å²) in [6.07, 6.45) is 0.800. The molecule has 0 saturated carbocycles. The summed E-state index contributed by atoms with van der Waals surface area (Å²) in [7, 11) is 0. The molecule has 136 valence electrons. The van der Waals surface area contributed by atoms with E-state index in [0.29, 0.717) is 0 Å². The van der Waals surface area contributed by atoms with Gasteiger partial charge in [0, 0.05) is 31.0 Å². The average Bonchev–Trinajstić information content (AvgIpc) is 2.71. The van der Waals surface area contributed by atoms with Gasteiger partial charge in [0.05, 0.1) is 18.8 Å². The Morgan fingerprint density at radius 2 is 1.81 bits per heavy atom. The van der Waals surface area contributed by atoms with Crippen molar-refractivity contribution in [3.8, 4) is 0 Å². The maximum atomic E-state index is 13.0. The number of nitrogens with one attached hydrogen (secondary N) is 1. The molecule has 26 heavy (non-hydrogen) atoms. The molecule has 0 bridgehead atoms. The minimum atomic E-state index is -0.129. The van der Waals surface area contributed by atoms with Crippen LogP contribution in [-0.4, -0.2) is 43.7 Å². The van der Waals surface area contributed by atoms with Crippen molar-refractivity contribution in [2.24, 2.45) is 0 Å². The van der Waals surface area contributed by atoms with Crippen LogP contribution in [0.1, 0.15) is 35.4 Å². The van der Waals surface area contributed by atoms with Crippen molar-refractivity contribution < 1.29 is 9.53 Å². The lowest BCUT2D eigenvalue weighted by Crippen LogP contribution is -2.43. The quantitative estimate of drug-likeness (QED) is 0.916. The van der Waals surface area contributed by atoms with Gasteiger partial charge in [-0.2, -0.15) is 0 Å². The van der Waals surface area contributed by atoms with Crippen molar-refractivity contribution in [2.45, 2.75) is 19.5 Å². The highest BCUT2D eigenvalue weighted by Crippen LogP contribution is 2.33. The van der Waals surface area contributed by atoms with Gasteiger partial charge in [0.15, 0.2) is 0 Å². The Labute approximate surface area is 154 Å². The number of nitrogens with zero attached hydrogens (tertiary/aromatic N) is 2. The molecule has 2 heterocycles. The molecule has 1 atom stereocenters. The van der Waals surface area contributed by atoms with E-state index in [9.17, 15) is 4.79 Å². The Morgan fingerprint density at radius 3 is 2.54 bits per heavy atom. The molecule has 5 heteroatoms. The first-order valence-electron chi connectivity index (χ1n) is 9.37. The van der Waals surface area contributed by atoms with Crippen LogP contribution < -0.4 is 10.2 Å². The van der Waals surface area contributed by atoms with Crippen LogP contribution in [0.15, 0.2) is 48.5 Å². The van der Waals surface area contributed by atoms with Crippen LogP contribution in [0.25, 0.3) is 0 Å². The minimum Gasteiger partial charge on any atom is -0.378 e. The van der Waals surface area contributed by atoms with Gasteiger partial charge in [0.25, 0.3) is 5.91 Å². The molecule has 2 aromatic carbocycles. The van der Waals surface area contributed by atoms with Crippen LogP contribution >= 0.6 is 0 Å². The van der Waals surface area contributed by atoms with Gasteiger partial charge >= 0.3 is 0 Å². The Balaban J connectivity index is 1.61. The molecule has 2 aromatic rings. The van der Waals surface area contributed by atoms with Gasteiger partial charge in [-0.05, 0) is 36.2 Å². The van der Waals surface area contributed by atoms with Crippen LogP contribution in [0.5, 0.6) is 0 Å². The molecule has 1 saturated heterocycles. The number of hydrogen-bond donors (Lipinski definition) is 1. The van der Waals surface area contributed by atoms with Crippen LogP contribution in [0.4, 0.5) is 11.4 Å². The third-order valence-corrected chi connectivity index (χ3v) is 5.07. The largest absolute Gasteiger partial charge is 0.378 e. The van der Waals surface area contributed by atoms with E-state index in [1.807, 2.05) is 29.2 Å². The first-order valence-corrected chi connectivity index (χ1v) is 9.37. The fraction of sp³-hybridized carbons (Fsp3) is 0.381. The lowest BCUT2D eigenvalue weighted by atomic mass is 10.0. The number of benzene rings is 2. The highest BCUT2D eigenvalue weighted by Gasteiger charge is 2.32. The van der Waals surface area contributed by atoms with E-state index in [1.54, 1.807) is 0 Å². The van der Waals surface area contributed by atoms with E-state index in [1.165, 1.54) is 5.69 Å². The Kier molecular flexibility index (Phi) is 4.80. The Bertz CT molecular complexity index is 769. The highest BCUT2D eigenvalue weighted by molar-refractivity contribution is 6.01. The van der Waals surface area contributed by atoms with Crippen molar-refractivity contribution in [3.05, 3.63) is 59.7 Å². The Morgan fingerprint density at radius 1 is 1.08 bits per heavy atom. The number of fused-ring (bicyclic) bond motifs is 1.